The molecule has 0 N–H and O–H groups in total. The van der Waals surface area contributed by atoms with E-state index >= 15 is 0 Å². The molecule has 0 bridgehead atoms. The Morgan fingerprint density at radius 3 is 1.67 bits per heavy atom. The van der Waals surface area contributed by atoms with Gasteiger partial charge >= 0.3 is 26.2 Å². The van der Waals surface area contributed by atoms with Gasteiger partial charge in [0, 0.05) is 0 Å². The predicted octanol–water partition coefficient (Wildman–Crippen LogP) is 4.43. The third-order valence-electron chi connectivity index (χ3n) is 9.48. The summed E-state index contributed by atoms with van der Waals surface area (Å²) < 4.78 is 0. The molecular formula is C45H49Cl2Zr. The summed E-state index contributed by atoms with van der Waals surface area (Å²) in [6.07, 6.45) is 12.0. The quantitative estimate of drug-likeness (QED) is 0.234. The van der Waals surface area contributed by atoms with E-state index in [2.05, 4.69) is 166 Å². The molecular weight excluding hydrogens is 703 g/mol. The second-order valence-electron chi connectivity index (χ2n) is 15.6. The number of fused-ring (bicyclic) bond motifs is 2. The van der Waals surface area contributed by atoms with Crippen LogP contribution in [0.5, 0.6) is 0 Å². The monoisotopic (exact) mass is 749 g/mol. The van der Waals surface area contributed by atoms with Crippen molar-refractivity contribution in [1.82, 2.24) is 0 Å². The molecule has 0 aliphatic heterocycles. The molecule has 6 rings (SSSR count). The fraction of sp³-hybridized carbons (Fsp3) is 0.333. The molecule has 2 aliphatic carbocycles. The first kappa shape index (κ1) is 40.0. The van der Waals surface area contributed by atoms with Crippen molar-refractivity contribution in [2.24, 2.45) is 0 Å². The summed E-state index contributed by atoms with van der Waals surface area (Å²) in [6, 6.07) is 26.9. The molecule has 1 radical (unpaired) electrons. The van der Waals surface area contributed by atoms with E-state index in [1.807, 2.05) is 0 Å². The molecule has 2 aliphatic rings. The van der Waals surface area contributed by atoms with E-state index < -0.39 is 0 Å². The maximum atomic E-state index is 4.13. The van der Waals surface area contributed by atoms with Gasteiger partial charge in [0.2, 0.25) is 0 Å². The van der Waals surface area contributed by atoms with E-state index in [1.54, 1.807) is 0 Å². The summed E-state index contributed by atoms with van der Waals surface area (Å²) in [5.74, 6) is 0.755. The number of hydrogen-bond acceptors (Lipinski definition) is 0. The van der Waals surface area contributed by atoms with Crippen LogP contribution in [0.15, 0.2) is 91.0 Å². The predicted molar refractivity (Wildman–Crippen MR) is 194 cm³/mol. The van der Waals surface area contributed by atoms with E-state index in [0.717, 1.165) is 6.42 Å². The maximum Gasteiger partial charge on any atom is 3.00 e. The van der Waals surface area contributed by atoms with Crippen molar-refractivity contribution in [1.29, 1.82) is 0 Å². The van der Waals surface area contributed by atoms with Crippen molar-refractivity contribution in [2.45, 2.75) is 98.3 Å². The van der Waals surface area contributed by atoms with Gasteiger partial charge in [0.05, 0.1) is 0 Å². The average Bonchev–Trinajstić information content (AvgIpc) is 3.64. The van der Waals surface area contributed by atoms with E-state index in [0.29, 0.717) is 11.8 Å². The summed E-state index contributed by atoms with van der Waals surface area (Å²) >= 11 is 0. The number of halogens is 2. The molecule has 4 aromatic rings. The SMILES string of the molecule is CC(C)c1c(C(C)(C)C)c(C2=CC=CC2)c2c(c1C(C)C)=c1c(cc(C(C)(C)C)cc1=C(c1ccccc1)c1ccccc1)[C-]=2.[Cl-].[Cl-].[Zr+3]. The molecule has 0 amide bonds. The van der Waals surface area contributed by atoms with Crippen LogP contribution in [0.3, 0.4) is 0 Å². The Labute approximate surface area is 320 Å². The zero-order valence-corrected chi connectivity index (χ0v) is 34.2. The van der Waals surface area contributed by atoms with Crippen LogP contribution in [0, 0.1) is 10.4 Å². The Hall–Kier alpha value is -2.44. The molecule has 3 heteroatoms. The molecule has 0 saturated carbocycles. The van der Waals surface area contributed by atoms with Gasteiger partial charge in [-0.2, -0.15) is 0 Å². The Morgan fingerprint density at radius 1 is 0.688 bits per heavy atom. The summed E-state index contributed by atoms with van der Waals surface area (Å²) in [4.78, 5) is 0. The number of rotatable bonds is 5. The topological polar surface area (TPSA) is 0 Å². The van der Waals surface area contributed by atoms with Crippen molar-refractivity contribution in [3.63, 3.8) is 0 Å². The molecule has 0 unspecified atom stereocenters. The minimum absolute atomic E-state index is 0. The van der Waals surface area contributed by atoms with Gasteiger partial charge in [-0.15, -0.1) is 33.4 Å². The molecule has 4 aromatic carbocycles. The van der Waals surface area contributed by atoms with E-state index in [9.17, 15) is 0 Å². The van der Waals surface area contributed by atoms with Gasteiger partial charge in [0.15, 0.2) is 0 Å². The smallest absolute Gasteiger partial charge is 1.00 e. The largest absolute Gasteiger partial charge is 3.00 e. The maximum absolute atomic E-state index is 4.13. The molecule has 0 atom stereocenters. The van der Waals surface area contributed by atoms with Gasteiger partial charge in [-0.25, -0.2) is 0 Å². The second-order valence-corrected chi connectivity index (χ2v) is 15.6. The summed E-state index contributed by atoms with van der Waals surface area (Å²) in [6.45, 7) is 23.8. The Balaban J connectivity index is 0.00000208. The van der Waals surface area contributed by atoms with Gasteiger partial charge < -0.3 is 24.8 Å². The van der Waals surface area contributed by atoms with Gasteiger partial charge in [0.25, 0.3) is 0 Å². The van der Waals surface area contributed by atoms with Crippen LogP contribution in [0.2, 0.25) is 0 Å². The zero-order valence-electron chi connectivity index (χ0n) is 30.3. The number of allylic oxidation sites excluding steroid dienone is 4. The van der Waals surface area contributed by atoms with Crippen LogP contribution in [0.4, 0.5) is 0 Å². The van der Waals surface area contributed by atoms with Crippen LogP contribution in [0.25, 0.3) is 17.2 Å². The van der Waals surface area contributed by atoms with Crippen LogP contribution in [-0.4, -0.2) is 0 Å². The Morgan fingerprint density at radius 2 is 1.23 bits per heavy atom. The molecule has 0 aromatic heterocycles. The minimum Gasteiger partial charge on any atom is -1.00 e. The molecule has 0 heterocycles. The van der Waals surface area contributed by atoms with Crippen molar-refractivity contribution in [2.75, 3.05) is 0 Å². The number of benzene rings is 4. The summed E-state index contributed by atoms with van der Waals surface area (Å²) in [5, 5.41) is 5.36. The zero-order chi connectivity index (χ0) is 32.3. The normalized spacial score (nSPS) is 13.2. The second kappa shape index (κ2) is 15.2. The third-order valence-corrected chi connectivity index (χ3v) is 9.48. The Kier molecular flexibility index (Phi) is 12.7. The first-order valence-electron chi connectivity index (χ1n) is 16.8. The van der Waals surface area contributed by atoms with Crippen molar-refractivity contribution >= 4 is 17.2 Å². The van der Waals surface area contributed by atoms with E-state index in [4.69, 9.17) is 0 Å². The summed E-state index contributed by atoms with van der Waals surface area (Å²) in [5.41, 5.74) is 13.7. The van der Waals surface area contributed by atoms with Gasteiger partial charge in [-0.3, -0.25) is 0 Å². The summed E-state index contributed by atoms with van der Waals surface area (Å²) in [7, 11) is 0. The van der Waals surface area contributed by atoms with Crippen molar-refractivity contribution in [3.8, 4) is 0 Å². The first-order chi connectivity index (χ1) is 21.3. The molecule has 0 fully saturated rings. The fourth-order valence-corrected chi connectivity index (χ4v) is 7.57. The van der Waals surface area contributed by atoms with Crippen molar-refractivity contribution < 1.29 is 51.0 Å². The minimum atomic E-state index is -0.0156. The molecule has 48 heavy (non-hydrogen) atoms. The van der Waals surface area contributed by atoms with Gasteiger partial charge in [-0.1, -0.05) is 193 Å². The van der Waals surface area contributed by atoms with Crippen molar-refractivity contribution in [3.05, 3.63) is 156 Å². The third kappa shape index (κ3) is 7.22. The molecule has 0 nitrogen and oxygen atoms in total. The molecule has 0 spiro atoms. The number of hydrogen-bond donors (Lipinski definition) is 0. The van der Waals surface area contributed by atoms with E-state index in [1.165, 1.54) is 76.5 Å². The van der Waals surface area contributed by atoms with Crippen LogP contribution in [-0.2, 0) is 37.0 Å². The Bertz CT molecular complexity index is 2030. The fourth-order valence-electron chi connectivity index (χ4n) is 7.57. The standard InChI is InChI=1S/C45H49.2ClH.Zr/c1-28(2)37-38(29(3)4)43(45(8,9)10)41(32-23-17-18-24-32)35-26-33-25-34(44(5,6)7)27-36(40(33)42(35)37)39(30-19-13-11-14-20-30)31-21-15-12-16-22-31;;;/h11-23,25,27-29H,24H2,1-10H3;2*1H;/q-1;;;+3/p-2. The average molecular weight is 752 g/mol. The van der Waals surface area contributed by atoms with Gasteiger partial charge in [-0.05, 0) is 45.8 Å². The van der Waals surface area contributed by atoms with Crippen LogP contribution >= 0.6 is 0 Å². The van der Waals surface area contributed by atoms with Crippen LogP contribution in [0.1, 0.15) is 132 Å². The van der Waals surface area contributed by atoms with Crippen LogP contribution < -0.4 is 35.3 Å². The first-order valence-corrected chi connectivity index (χ1v) is 16.8. The molecule has 247 valence electrons. The molecule has 0 saturated heterocycles. The van der Waals surface area contributed by atoms with E-state index in [-0.39, 0.29) is 61.8 Å². The van der Waals surface area contributed by atoms with Gasteiger partial charge in [0.1, 0.15) is 0 Å².